The van der Waals surface area contributed by atoms with Crippen molar-refractivity contribution in [1.29, 1.82) is 0 Å². The first kappa shape index (κ1) is 14.9. The van der Waals surface area contributed by atoms with E-state index in [1.807, 2.05) is 13.8 Å². The number of carboxylic acid groups (broad SMARTS) is 1. The Bertz CT molecular complexity index is 255. The Labute approximate surface area is 97.4 Å². The van der Waals surface area contributed by atoms with E-state index < -0.39 is 17.3 Å². The molecule has 0 spiro atoms. The quantitative estimate of drug-likeness (QED) is 0.707. The number of hydrogen-bond acceptors (Lipinski definition) is 2. The molecule has 0 aliphatic carbocycles. The van der Waals surface area contributed by atoms with Crippen LogP contribution >= 0.6 is 0 Å². The van der Waals surface area contributed by atoms with E-state index in [9.17, 15) is 9.59 Å². The molecular weight excluding hydrogens is 206 g/mol. The summed E-state index contributed by atoms with van der Waals surface area (Å²) in [4.78, 5) is 22.8. The van der Waals surface area contributed by atoms with Gasteiger partial charge in [0.2, 0.25) is 5.91 Å². The molecule has 0 aromatic carbocycles. The van der Waals surface area contributed by atoms with Crippen LogP contribution in [0.2, 0.25) is 0 Å². The molecule has 0 aliphatic rings. The zero-order valence-electron chi connectivity index (χ0n) is 10.8. The van der Waals surface area contributed by atoms with Gasteiger partial charge in [-0.05, 0) is 11.3 Å². The molecule has 0 saturated carbocycles. The fraction of sp³-hybridized carbons (Fsp3) is 0.833. The van der Waals surface area contributed by atoms with Gasteiger partial charge in [-0.25, -0.2) is 0 Å². The van der Waals surface area contributed by atoms with E-state index in [1.165, 1.54) is 0 Å². The molecule has 0 aromatic heterocycles. The smallest absolute Gasteiger partial charge is 0.316 e. The Morgan fingerprint density at radius 2 is 1.81 bits per heavy atom. The molecule has 0 aromatic rings. The maximum Gasteiger partial charge on any atom is 0.316 e. The lowest BCUT2D eigenvalue weighted by molar-refractivity contribution is -0.151. The zero-order chi connectivity index (χ0) is 12.9. The highest BCUT2D eigenvalue weighted by atomic mass is 16.4. The fourth-order valence-electron chi connectivity index (χ4n) is 1.40. The number of aliphatic carboxylic acids is 1. The van der Waals surface area contributed by atoms with Crippen molar-refractivity contribution in [2.45, 2.75) is 41.0 Å². The van der Waals surface area contributed by atoms with Crippen molar-refractivity contribution in [2.75, 3.05) is 6.54 Å². The second kappa shape index (κ2) is 5.87. The average Bonchev–Trinajstić information content (AvgIpc) is 2.11. The van der Waals surface area contributed by atoms with E-state index in [4.69, 9.17) is 5.11 Å². The van der Waals surface area contributed by atoms with Crippen LogP contribution in [0.1, 0.15) is 41.0 Å². The third-order valence-electron chi connectivity index (χ3n) is 2.70. The van der Waals surface area contributed by atoms with Crippen LogP contribution in [0.25, 0.3) is 0 Å². The maximum atomic E-state index is 11.8. The van der Waals surface area contributed by atoms with Gasteiger partial charge in [0.05, 0.1) is 0 Å². The second-order valence-electron chi connectivity index (χ2n) is 5.40. The number of carbonyl (C=O) groups is 2. The Kier molecular flexibility index (Phi) is 5.48. The molecule has 0 rings (SSSR count). The first-order valence-corrected chi connectivity index (χ1v) is 5.70. The molecule has 0 saturated heterocycles. The van der Waals surface area contributed by atoms with Crippen LogP contribution in [-0.4, -0.2) is 23.5 Å². The number of carboxylic acids is 1. The van der Waals surface area contributed by atoms with Gasteiger partial charge in [0.1, 0.15) is 5.92 Å². The standard InChI is InChI=1S/C12H23NO3/c1-6-8(2)7-13-10(14)9(11(15)16)12(3,4)5/h8-9H,6-7H2,1-5H3,(H,13,14)(H,15,16). The summed E-state index contributed by atoms with van der Waals surface area (Å²) in [7, 11) is 0. The van der Waals surface area contributed by atoms with Crippen molar-refractivity contribution in [2.24, 2.45) is 17.3 Å². The molecule has 0 fully saturated rings. The van der Waals surface area contributed by atoms with E-state index in [2.05, 4.69) is 5.32 Å². The van der Waals surface area contributed by atoms with E-state index in [0.29, 0.717) is 12.5 Å². The van der Waals surface area contributed by atoms with Gasteiger partial charge in [-0.2, -0.15) is 0 Å². The van der Waals surface area contributed by atoms with Gasteiger partial charge in [0.15, 0.2) is 0 Å². The largest absolute Gasteiger partial charge is 0.481 e. The fourth-order valence-corrected chi connectivity index (χ4v) is 1.40. The highest BCUT2D eigenvalue weighted by Crippen LogP contribution is 2.26. The van der Waals surface area contributed by atoms with E-state index >= 15 is 0 Å². The molecule has 0 heterocycles. The second-order valence-corrected chi connectivity index (χ2v) is 5.40. The summed E-state index contributed by atoms with van der Waals surface area (Å²) in [6.45, 7) is 9.87. The van der Waals surface area contributed by atoms with Crippen molar-refractivity contribution in [3.8, 4) is 0 Å². The van der Waals surface area contributed by atoms with Gasteiger partial charge >= 0.3 is 5.97 Å². The molecule has 1 amide bonds. The summed E-state index contributed by atoms with van der Waals surface area (Å²) in [5, 5.41) is 11.7. The zero-order valence-corrected chi connectivity index (χ0v) is 10.8. The van der Waals surface area contributed by atoms with Crippen molar-refractivity contribution < 1.29 is 14.7 Å². The van der Waals surface area contributed by atoms with Gasteiger partial charge in [-0.3, -0.25) is 9.59 Å². The molecule has 2 unspecified atom stereocenters. The first-order chi connectivity index (χ1) is 7.20. The average molecular weight is 229 g/mol. The Morgan fingerprint density at radius 3 is 2.12 bits per heavy atom. The summed E-state index contributed by atoms with van der Waals surface area (Å²) in [6.07, 6.45) is 0.966. The monoisotopic (exact) mass is 229 g/mol. The number of amides is 1. The molecule has 94 valence electrons. The summed E-state index contributed by atoms with van der Waals surface area (Å²) >= 11 is 0. The van der Waals surface area contributed by atoms with Crippen LogP contribution in [0.4, 0.5) is 0 Å². The molecule has 0 aliphatic heterocycles. The van der Waals surface area contributed by atoms with E-state index in [1.54, 1.807) is 20.8 Å². The Balaban J connectivity index is 4.48. The lowest BCUT2D eigenvalue weighted by atomic mass is 9.80. The molecular formula is C12H23NO3. The van der Waals surface area contributed by atoms with Crippen LogP contribution in [0.5, 0.6) is 0 Å². The summed E-state index contributed by atoms with van der Waals surface area (Å²) in [6, 6.07) is 0. The molecule has 0 bridgehead atoms. The molecule has 0 radical (unpaired) electrons. The van der Waals surface area contributed by atoms with Crippen molar-refractivity contribution in [1.82, 2.24) is 5.32 Å². The minimum atomic E-state index is -1.06. The highest BCUT2D eigenvalue weighted by molar-refractivity contribution is 5.97. The van der Waals surface area contributed by atoms with Crippen molar-refractivity contribution in [3.05, 3.63) is 0 Å². The Morgan fingerprint density at radius 1 is 1.31 bits per heavy atom. The third kappa shape index (κ3) is 4.64. The predicted octanol–water partition coefficient (Wildman–Crippen LogP) is 1.90. The number of carbonyl (C=O) groups excluding carboxylic acids is 1. The summed E-state index contributed by atoms with van der Waals surface area (Å²) < 4.78 is 0. The Hall–Kier alpha value is -1.06. The molecule has 4 heteroatoms. The van der Waals surface area contributed by atoms with Gasteiger partial charge in [0, 0.05) is 6.54 Å². The van der Waals surface area contributed by atoms with Gasteiger partial charge in [-0.15, -0.1) is 0 Å². The van der Waals surface area contributed by atoms with Crippen LogP contribution in [0.3, 0.4) is 0 Å². The van der Waals surface area contributed by atoms with Crippen LogP contribution in [-0.2, 0) is 9.59 Å². The van der Waals surface area contributed by atoms with Gasteiger partial charge < -0.3 is 10.4 Å². The van der Waals surface area contributed by atoms with Crippen LogP contribution < -0.4 is 5.32 Å². The summed E-state index contributed by atoms with van der Waals surface area (Å²) in [5.41, 5.74) is -0.564. The molecule has 2 N–H and O–H groups in total. The summed E-state index contributed by atoms with van der Waals surface area (Å²) in [5.74, 6) is -2.07. The van der Waals surface area contributed by atoms with Crippen LogP contribution in [0.15, 0.2) is 0 Å². The third-order valence-corrected chi connectivity index (χ3v) is 2.70. The predicted molar refractivity (Wildman–Crippen MR) is 63.0 cm³/mol. The first-order valence-electron chi connectivity index (χ1n) is 5.70. The van der Waals surface area contributed by atoms with Crippen molar-refractivity contribution >= 4 is 11.9 Å². The molecule has 4 nitrogen and oxygen atoms in total. The topological polar surface area (TPSA) is 66.4 Å². The SMILES string of the molecule is CCC(C)CNC(=O)C(C(=O)O)C(C)(C)C. The number of nitrogens with one attached hydrogen (secondary N) is 1. The number of hydrogen-bond donors (Lipinski definition) is 2. The van der Waals surface area contributed by atoms with Crippen LogP contribution in [0, 0.1) is 17.3 Å². The van der Waals surface area contributed by atoms with E-state index in [-0.39, 0.29) is 5.91 Å². The lowest BCUT2D eigenvalue weighted by Crippen LogP contribution is -2.43. The number of rotatable bonds is 5. The molecule has 16 heavy (non-hydrogen) atoms. The normalized spacial score (nSPS) is 15.3. The highest BCUT2D eigenvalue weighted by Gasteiger charge is 2.37. The van der Waals surface area contributed by atoms with Gasteiger partial charge in [-0.1, -0.05) is 41.0 Å². The van der Waals surface area contributed by atoms with E-state index in [0.717, 1.165) is 6.42 Å². The minimum absolute atomic E-state index is 0.373. The maximum absolute atomic E-state index is 11.8. The van der Waals surface area contributed by atoms with Crippen molar-refractivity contribution in [3.63, 3.8) is 0 Å². The lowest BCUT2D eigenvalue weighted by Gasteiger charge is -2.26. The van der Waals surface area contributed by atoms with Gasteiger partial charge in [0.25, 0.3) is 0 Å². The molecule has 2 atom stereocenters. The minimum Gasteiger partial charge on any atom is -0.481 e.